The number of phenolic OH excluding ortho intramolecular Hbond substituents is 1. The third-order valence-electron chi connectivity index (χ3n) is 6.72. The summed E-state index contributed by atoms with van der Waals surface area (Å²) in [5.74, 6) is 0.0459. The van der Waals surface area contributed by atoms with Crippen LogP contribution in [0.1, 0.15) is 70.9 Å². The van der Waals surface area contributed by atoms with Crippen molar-refractivity contribution in [3.63, 3.8) is 0 Å². The van der Waals surface area contributed by atoms with Gasteiger partial charge in [0, 0.05) is 5.41 Å². The molecule has 0 heterocycles. The van der Waals surface area contributed by atoms with E-state index in [-0.39, 0.29) is 23.6 Å². The summed E-state index contributed by atoms with van der Waals surface area (Å²) >= 11 is 0. The third kappa shape index (κ3) is 7.34. The predicted molar refractivity (Wildman–Crippen MR) is 145 cm³/mol. The number of aliphatic carboxylic acids is 1. The fourth-order valence-electron chi connectivity index (χ4n) is 4.93. The number of allylic oxidation sites excluding steroid dienone is 3. The summed E-state index contributed by atoms with van der Waals surface area (Å²) in [7, 11) is 0. The Kier molecular flexibility index (Phi) is 9.54. The Hall–Kier alpha value is -3.31. The number of hydrogen-bond donors (Lipinski definition) is 2. The van der Waals surface area contributed by atoms with Crippen LogP contribution in [0.2, 0.25) is 0 Å². The summed E-state index contributed by atoms with van der Waals surface area (Å²) in [6, 6.07) is 14.5. The monoisotopic (exact) mass is 490 g/mol. The molecule has 2 aromatic rings. The van der Waals surface area contributed by atoms with Crippen LogP contribution in [0, 0.1) is 5.41 Å². The first-order valence-electron chi connectivity index (χ1n) is 12.8. The number of aromatic hydroxyl groups is 1. The SMILES string of the molecule is CCC1(C(C(=O)O)=C(C=Cc2ccc(O)cc2)C=Cc2ccc(OC(C)OC(C)C)cc2)CCCC1. The molecule has 0 bridgehead atoms. The highest BCUT2D eigenvalue weighted by Gasteiger charge is 2.40. The highest BCUT2D eigenvalue weighted by molar-refractivity contribution is 5.91. The summed E-state index contributed by atoms with van der Waals surface area (Å²) in [6.07, 6.45) is 12.0. The molecule has 1 aliphatic carbocycles. The van der Waals surface area contributed by atoms with E-state index in [0.717, 1.165) is 43.2 Å². The minimum atomic E-state index is -0.864. The zero-order valence-electron chi connectivity index (χ0n) is 21.7. The number of ether oxygens (including phenoxy) is 2. The Morgan fingerprint density at radius 2 is 1.47 bits per heavy atom. The van der Waals surface area contributed by atoms with Gasteiger partial charge in [0.2, 0.25) is 0 Å². The molecule has 2 N–H and O–H groups in total. The number of carboxylic acid groups (broad SMARTS) is 1. The molecule has 1 unspecified atom stereocenters. The van der Waals surface area contributed by atoms with Crippen molar-refractivity contribution in [3.05, 3.63) is 83.0 Å². The molecule has 1 fully saturated rings. The van der Waals surface area contributed by atoms with Crippen LogP contribution < -0.4 is 4.74 Å². The minimum Gasteiger partial charge on any atom is -0.508 e. The molecule has 5 nitrogen and oxygen atoms in total. The molecule has 0 spiro atoms. The molecular formula is C31H38O5. The normalized spacial score (nSPS) is 17.0. The van der Waals surface area contributed by atoms with E-state index in [4.69, 9.17) is 9.47 Å². The van der Waals surface area contributed by atoms with Crippen molar-refractivity contribution in [3.8, 4) is 11.5 Å². The first-order chi connectivity index (χ1) is 17.2. The first-order valence-corrected chi connectivity index (χ1v) is 12.8. The molecule has 0 aromatic heterocycles. The largest absolute Gasteiger partial charge is 0.508 e. The molecule has 1 saturated carbocycles. The average Bonchev–Trinajstić information content (AvgIpc) is 3.31. The molecule has 2 aromatic carbocycles. The maximum atomic E-state index is 12.6. The van der Waals surface area contributed by atoms with Crippen LogP contribution in [-0.4, -0.2) is 28.6 Å². The Labute approximate surface area is 214 Å². The second-order valence-electron chi connectivity index (χ2n) is 9.67. The summed E-state index contributed by atoms with van der Waals surface area (Å²) in [5.41, 5.74) is 2.68. The molecular weight excluding hydrogens is 452 g/mol. The van der Waals surface area contributed by atoms with Crippen molar-refractivity contribution < 1.29 is 24.5 Å². The van der Waals surface area contributed by atoms with Gasteiger partial charge >= 0.3 is 5.97 Å². The van der Waals surface area contributed by atoms with E-state index in [1.165, 1.54) is 0 Å². The van der Waals surface area contributed by atoms with E-state index < -0.39 is 5.97 Å². The number of carboxylic acids is 1. The van der Waals surface area contributed by atoms with Crippen LogP contribution in [-0.2, 0) is 9.53 Å². The Bertz CT molecular complexity index is 1080. The molecule has 0 amide bonds. The van der Waals surface area contributed by atoms with Gasteiger partial charge < -0.3 is 19.7 Å². The van der Waals surface area contributed by atoms with Gasteiger partial charge in [0.25, 0.3) is 0 Å². The van der Waals surface area contributed by atoms with Crippen molar-refractivity contribution in [1.29, 1.82) is 0 Å². The lowest BCUT2D eigenvalue weighted by atomic mass is 9.74. The summed E-state index contributed by atoms with van der Waals surface area (Å²) in [5, 5.41) is 19.9. The Balaban J connectivity index is 1.94. The summed E-state index contributed by atoms with van der Waals surface area (Å²) in [6.45, 7) is 7.89. The van der Waals surface area contributed by atoms with Crippen molar-refractivity contribution in [2.24, 2.45) is 5.41 Å². The van der Waals surface area contributed by atoms with E-state index in [9.17, 15) is 15.0 Å². The second-order valence-corrected chi connectivity index (χ2v) is 9.67. The number of phenols is 1. The van der Waals surface area contributed by atoms with Crippen LogP contribution in [0.4, 0.5) is 0 Å². The summed E-state index contributed by atoms with van der Waals surface area (Å²) < 4.78 is 11.4. The topological polar surface area (TPSA) is 76.0 Å². The van der Waals surface area contributed by atoms with E-state index in [1.807, 2.05) is 81.5 Å². The van der Waals surface area contributed by atoms with Crippen LogP contribution in [0.15, 0.2) is 71.8 Å². The molecule has 0 aliphatic heterocycles. The lowest BCUT2D eigenvalue weighted by molar-refractivity contribution is -0.134. The molecule has 1 atom stereocenters. The van der Waals surface area contributed by atoms with Gasteiger partial charge in [0.05, 0.1) is 11.7 Å². The molecule has 0 radical (unpaired) electrons. The van der Waals surface area contributed by atoms with Crippen LogP contribution in [0.3, 0.4) is 0 Å². The van der Waals surface area contributed by atoms with E-state index in [2.05, 4.69) is 6.92 Å². The maximum Gasteiger partial charge on any atom is 0.332 e. The number of benzene rings is 2. The highest BCUT2D eigenvalue weighted by atomic mass is 16.7. The van der Waals surface area contributed by atoms with E-state index in [0.29, 0.717) is 16.9 Å². The fraction of sp³-hybridized carbons (Fsp3) is 0.387. The van der Waals surface area contributed by atoms with Gasteiger partial charge in [0.15, 0.2) is 6.29 Å². The Morgan fingerprint density at radius 3 is 1.94 bits per heavy atom. The standard InChI is InChI=1S/C31H38O5/c1-5-31(20-6-7-21-31)29(30(33)34)26(14-8-24-10-16-27(32)17-11-24)15-9-25-12-18-28(19-13-25)36-23(4)35-22(2)3/h8-19,22-23,32H,5-7,20-21H2,1-4H3,(H,33,34). The van der Waals surface area contributed by atoms with Gasteiger partial charge in [-0.1, -0.05) is 68.3 Å². The Morgan fingerprint density at radius 1 is 0.944 bits per heavy atom. The lowest BCUT2D eigenvalue weighted by Crippen LogP contribution is -2.25. The van der Waals surface area contributed by atoms with Crippen molar-refractivity contribution in [1.82, 2.24) is 0 Å². The van der Waals surface area contributed by atoms with Crippen molar-refractivity contribution in [2.75, 3.05) is 0 Å². The number of carbonyl (C=O) groups is 1. The maximum absolute atomic E-state index is 12.6. The van der Waals surface area contributed by atoms with Gasteiger partial charge in [-0.05, 0) is 81.0 Å². The van der Waals surface area contributed by atoms with Gasteiger partial charge in [-0.3, -0.25) is 0 Å². The smallest absolute Gasteiger partial charge is 0.332 e. The van der Waals surface area contributed by atoms with E-state index >= 15 is 0 Å². The highest BCUT2D eigenvalue weighted by Crippen LogP contribution is 2.48. The molecule has 3 rings (SSSR count). The fourth-order valence-corrected chi connectivity index (χ4v) is 4.93. The zero-order chi connectivity index (χ0) is 26.1. The molecule has 0 saturated heterocycles. The second kappa shape index (κ2) is 12.6. The van der Waals surface area contributed by atoms with Gasteiger partial charge in [-0.25, -0.2) is 4.79 Å². The predicted octanol–water partition coefficient (Wildman–Crippen LogP) is 7.62. The van der Waals surface area contributed by atoms with E-state index in [1.54, 1.807) is 12.1 Å². The lowest BCUT2D eigenvalue weighted by Gasteiger charge is -2.29. The average molecular weight is 491 g/mol. The number of rotatable bonds is 11. The quantitative estimate of drug-likeness (QED) is 0.192. The van der Waals surface area contributed by atoms with Crippen LogP contribution in [0.25, 0.3) is 12.2 Å². The van der Waals surface area contributed by atoms with Crippen molar-refractivity contribution >= 4 is 18.1 Å². The summed E-state index contributed by atoms with van der Waals surface area (Å²) in [4.78, 5) is 12.6. The molecule has 36 heavy (non-hydrogen) atoms. The van der Waals surface area contributed by atoms with Gasteiger partial charge in [-0.2, -0.15) is 0 Å². The van der Waals surface area contributed by atoms with Crippen LogP contribution >= 0.6 is 0 Å². The number of hydrogen-bond acceptors (Lipinski definition) is 4. The molecule has 5 heteroatoms. The molecule has 192 valence electrons. The molecule has 1 aliphatic rings. The van der Waals surface area contributed by atoms with Crippen molar-refractivity contribution in [2.45, 2.75) is 72.2 Å². The van der Waals surface area contributed by atoms with Gasteiger partial charge in [-0.15, -0.1) is 0 Å². The zero-order valence-corrected chi connectivity index (χ0v) is 21.7. The van der Waals surface area contributed by atoms with Crippen LogP contribution in [0.5, 0.6) is 11.5 Å². The third-order valence-corrected chi connectivity index (χ3v) is 6.72. The first kappa shape index (κ1) is 27.3. The van der Waals surface area contributed by atoms with Gasteiger partial charge in [0.1, 0.15) is 11.5 Å². The minimum absolute atomic E-state index is 0.0803.